The SMILES string of the molecule is COc1ccc(/C=C2\SC(=Nc3ccc(S(N)(=O)=O)cc3)NC2=O)cc1OCc1ccc(Cl)cc1. The number of halogens is 1. The summed E-state index contributed by atoms with van der Waals surface area (Å²) in [6, 6.07) is 18.4. The summed E-state index contributed by atoms with van der Waals surface area (Å²) in [5.74, 6) is 0.799. The fourth-order valence-electron chi connectivity index (χ4n) is 3.10. The number of nitrogens with one attached hydrogen (secondary N) is 1. The maximum absolute atomic E-state index is 12.5. The fourth-order valence-corrected chi connectivity index (χ4v) is 4.58. The van der Waals surface area contributed by atoms with Crippen LogP contribution in [0.1, 0.15) is 11.1 Å². The molecule has 1 aliphatic rings. The number of carbonyl (C=O) groups is 1. The lowest BCUT2D eigenvalue weighted by atomic mass is 10.2. The molecule has 4 rings (SSSR count). The number of hydrogen-bond acceptors (Lipinski definition) is 7. The molecule has 1 aliphatic heterocycles. The number of amidine groups is 1. The van der Waals surface area contributed by atoms with Gasteiger partial charge in [-0.25, -0.2) is 18.5 Å². The third-order valence-corrected chi connectivity index (χ3v) is 6.93. The molecule has 0 saturated carbocycles. The number of methoxy groups -OCH3 is 1. The van der Waals surface area contributed by atoms with Gasteiger partial charge in [-0.1, -0.05) is 29.8 Å². The van der Waals surface area contributed by atoms with Crippen LogP contribution in [-0.4, -0.2) is 26.6 Å². The van der Waals surface area contributed by atoms with Crippen molar-refractivity contribution in [2.75, 3.05) is 7.11 Å². The molecule has 1 fully saturated rings. The van der Waals surface area contributed by atoms with Crippen molar-refractivity contribution in [2.24, 2.45) is 10.1 Å². The summed E-state index contributed by atoms with van der Waals surface area (Å²) < 4.78 is 34.1. The molecule has 0 unspecified atom stereocenters. The minimum absolute atomic E-state index is 0.0151. The smallest absolute Gasteiger partial charge is 0.264 e. The van der Waals surface area contributed by atoms with Gasteiger partial charge in [0.1, 0.15) is 6.61 Å². The monoisotopic (exact) mass is 529 g/mol. The van der Waals surface area contributed by atoms with Gasteiger partial charge in [-0.05, 0) is 77.5 Å². The van der Waals surface area contributed by atoms with Crippen molar-refractivity contribution in [3.05, 3.63) is 87.8 Å². The number of amides is 1. The second kappa shape index (κ2) is 10.5. The Balaban J connectivity index is 1.50. The molecule has 3 aromatic carbocycles. The van der Waals surface area contributed by atoms with Gasteiger partial charge in [-0.15, -0.1) is 0 Å². The highest BCUT2D eigenvalue weighted by Gasteiger charge is 2.24. The van der Waals surface area contributed by atoms with E-state index in [9.17, 15) is 13.2 Å². The van der Waals surface area contributed by atoms with Crippen LogP contribution in [0.3, 0.4) is 0 Å². The summed E-state index contributed by atoms with van der Waals surface area (Å²) in [6.45, 7) is 0.323. The van der Waals surface area contributed by atoms with Crippen molar-refractivity contribution < 1.29 is 22.7 Å². The number of nitrogens with two attached hydrogens (primary N) is 1. The van der Waals surface area contributed by atoms with Crippen LogP contribution in [0.5, 0.6) is 11.5 Å². The molecule has 0 radical (unpaired) electrons. The second-order valence-electron chi connectivity index (χ2n) is 7.35. The third-order valence-electron chi connectivity index (χ3n) is 4.84. The largest absolute Gasteiger partial charge is 0.493 e. The molecular formula is C24H20ClN3O5S2. The van der Waals surface area contributed by atoms with Crippen LogP contribution in [0, 0.1) is 0 Å². The number of carbonyl (C=O) groups excluding carboxylic acids is 1. The van der Waals surface area contributed by atoms with Gasteiger partial charge < -0.3 is 14.8 Å². The van der Waals surface area contributed by atoms with E-state index in [2.05, 4.69) is 10.3 Å². The van der Waals surface area contributed by atoms with Gasteiger partial charge in [0.05, 0.1) is 22.6 Å². The van der Waals surface area contributed by atoms with Crippen LogP contribution < -0.4 is 19.9 Å². The van der Waals surface area contributed by atoms with Crippen molar-refractivity contribution in [3.8, 4) is 11.5 Å². The maximum atomic E-state index is 12.5. The zero-order chi connectivity index (χ0) is 25.0. The van der Waals surface area contributed by atoms with E-state index < -0.39 is 10.0 Å². The molecule has 180 valence electrons. The van der Waals surface area contributed by atoms with Gasteiger partial charge >= 0.3 is 0 Å². The van der Waals surface area contributed by atoms with Crippen LogP contribution in [0.25, 0.3) is 6.08 Å². The van der Waals surface area contributed by atoms with E-state index in [1.165, 1.54) is 36.0 Å². The molecule has 8 nitrogen and oxygen atoms in total. The first-order valence-electron chi connectivity index (χ1n) is 10.2. The average Bonchev–Trinajstić information content (AvgIpc) is 3.16. The zero-order valence-electron chi connectivity index (χ0n) is 18.4. The average molecular weight is 530 g/mol. The van der Waals surface area contributed by atoms with Crippen molar-refractivity contribution in [1.29, 1.82) is 0 Å². The molecule has 0 bridgehead atoms. The maximum Gasteiger partial charge on any atom is 0.264 e. The van der Waals surface area contributed by atoms with E-state index in [-0.39, 0.29) is 10.8 Å². The Morgan fingerprint density at radius 3 is 2.43 bits per heavy atom. The highest BCUT2D eigenvalue weighted by atomic mass is 35.5. The van der Waals surface area contributed by atoms with Crippen LogP contribution in [0.15, 0.2) is 81.5 Å². The van der Waals surface area contributed by atoms with Crippen molar-refractivity contribution in [1.82, 2.24) is 5.32 Å². The predicted molar refractivity (Wildman–Crippen MR) is 137 cm³/mol. The topological polar surface area (TPSA) is 120 Å². The number of thioether (sulfide) groups is 1. The Bertz CT molecular complexity index is 1420. The lowest BCUT2D eigenvalue weighted by Crippen LogP contribution is -2.19. The lowest BCUT2D eigenvalue weighted by Gasteiger charge is -2.12. The van der Waals surface area contributed by atoms with Gasteiger partial charge in [-0.2, -0.15) is 0 Å². The molecule has 0 aromatic heterocycles. The number of nitrogens with zero attached hydrogens (tertiary/aromatic N) is 1. The summed E-state index contributed by atoms with van der Waals surface area (Å²) in [4.78, 5) is 17.3. The van der Waals surface area contributed by atoms with Crippen molar-refractivity contribution in [2.45, 2.75) is 11.5 Å². The van der Waals surface area contributed by atoms with Gasteiger partial charge in [0.2, 0.25) is 10.0 Å². The van der Waals surface area contributed by atoms with E-state index in [0.717, 1.165) is 11.1 Å². The molecule has 1 saturated heterocycles. The second-order valence-corrected chi connectivity index (χ2v) is 10.4. The lowest BCUT2D eigenvalue weighted by molar-refractivity contribution is -0.115. The Labute approximate surface area is 211 Å². The van der Waals surface area contributed by atoms with Crippen molar-refractivity contribution in [3.63, 3.8) is 0 Å². The molecule has 3 aromatic rings. The van der Waals surface area contributed by atoms with Gasteiger partial charge in [-0.3, -0.25) is 4.79 Å². The molecule has 0 aliphatic carbocycles. The molecular weight excluding hydrogens is 510 g/mol. The number of sulfonamides is 1. The molecule has 35 heavy (non-hydrogen) atoms. The van der Waals surface area contributed by atoms with E-state index in [1.54, 1.807) is 37.5 Å². The van der Waals surface area contributed by atoms with Gasteiger partial charge in [0.25, 0.3) is 5.91 Å². The standard InChI is InChI=1S/C24H20ClN3O5S2/c1-32-20-11-4-16(12-21(20)33-14-15-2-5-17(25)6-3-15)13-22-23(29)28-24(34-22)27-18-7-9-19(10-8-18)35(26,30)31/h2-13H,14H2,1H3,(H2,26,30,31)(H,27,28,29)/b22-13-. The highest BCUT2D eigenvalue weighted by molar-refractivity contribution is 8.18. The first kappa shape index (κ1) is 24.8. The third kappa shape index (κ3) is 6.43. The first-order chi connectivity index (χ1) is 16.7. The number of ether oxygens (including phenoxy) is 2. The molecule has 1 amide bonds. The molecule has 0 atom stereocenters. The van der Waals surface area contributed by atoms with Crippen LogP contribution in [0.2, 0.25) is 5.02 Å². The van der Waals surface area contributed by atoms with Gasteiger partial charge in [0.15, 0.2) is 16.7 Å². The molecule has 0 spiro atoms. The normalized spacial score (nSPS) is 15.9. The van der Waals surface area contributed by atoms with Crippen LogP contribution in [-0.2, 0) is 21.4 Å². The van der Waals surface area contributed by atoms with Crippen LogP contribution >= 0.6 is 23.4 Å². The molecule has 3 N–H and O–H groups in total. The minimum atomic E-state index is -3.79. The zero-order valence-corrected chi connectivity index (χ0v) is 20.8. The summed E-state index contributed by atoms with van der Waals surface area (Å²) >= 11 is 7.10. The molecule has 11 heteroatoms. The van der Waals surface area contributed by atoms with E-state index >= 15 is 0 Å². The van der Waals surface area contributed by atoms with E-state index in [4.69, 9.17) is 26.2 Å². The fraction of sp³-hybridized carbons (Fsp3) is 0.0833. The van der Waals surface area contributed by atoms with Gasteiger partial charge in [0, 0.05) is 5.02 Å². The number of hydrogen-bond donors (Lipinski definition) is 2. The summed E-state index contributed by atoms with van der Waals surface area (Å²) in [6.07, 6.45) is 1.72. The number of aliphatic imine (C=N–C) groups is 1. The van der Waals surface area contributed by atoms with E-state index in [1.807, 2.05) is 18.2 Å². The minimum Gasteiger partial charge on any atom is -0.493 e. The Hall–Kier alpha value is -3.31. The Morgan fingerprint density at radius 2 is 1.77 bits per heavy atom. The van der Waals surface area contributed by atoms with E-state index in [0.29, 0.717) is 38.9 Å². The summed E-state index contributed by atoms with van der Waals surface area (Å²) in [5.41, 5.74) is 2.17. The Morgan fingerprint density at radius 1 is 1.06 bits per heavy atom. The quantitative estimate of drug-likeness (QED) is 0.436. The molecule has 1 heterocycles. The summed E-state index contributed by atoms with van der Waals surface area (Å²) in [7, 11) is -2.23. The first-order valence-corrected chi connectivity index (χ1v) is 12.9. The number of benzene rings is 3. The van der Waals surface area contributed by atoms with Crippen LogP contribution in [0.4, 0.5) is 5.69 Å². The highest BCUT2D eigenvalue weighted by Crippen LogP contribution is 2.33. The number of rotatable bonds is 7. The summed E-state index contributed by atoms with van der Waals surface area (Å²) in [5, 5.41) is 8.83. The Kier molecular flexibility index (Phi) is 7.46. The predicted octanol–water partition coefficient (Wildman–Crippen LogP) is 4.47. The van der Waals surface area contributed by atoms with Crippen molar-refractivity contribution >= 4 is 56.2 Å². The number of primary sulfonamides is 1.